The number of likely N-dealkylation sites (N-methyl/N-ethyl adjacent to an activating group) is 1. The number of rotatable bonds is 11. The van der Waals surface area contributed by atoms with Crippen molar-refractivity contribution < 1.29 is 17.9 Å². The van der Waals surface area contributed by atoms with Crippen LogP contribution in [0.3, 0.4) is 0 Å². The number of pyridine rings is 2. The molecule has 0 amide bonds. The van der Waals surface area contributed by atoms with Gasteiger partial charge >= 0.3 is 0 Å². The van der Waals surface area contributed by atoms with Crippen molar-refractivity contribution in [2.45, 2.75) is 57.7 Å². The number of nitrogens with one attached hydrogen (secondary N) is 2. The van der Waals surface area contributed by atoms with Crippen LogP contribution in [-0.2, 0) is 21.3 Å². The second kappa shape index (κ2) is 13.1. The number of aromatic amines is 1. The molecule has 5 heterocycles. The number of ether oxygens (including phenoxy) is 2. The Morgan fingerprint density at radius 1 is 1.14 bits per heavy atom. The van der Waals surface area contributed by atoms with Crippen molar-refractivity contribution in [1.29, 1.82) is 0 Å². The third-order valence-corrected chi connectivity index (χ3v) is 9.64. The highest BCUT2D eigenvalue weighted by Gasteiger charge is 2.35. The molecule has 13 nitrogen and oxygen atoms in total. The van der Waals surface area contributed by atoms with Crippen LogP contribution in [0.2, 0.25) is 0 Å². The van der Waals surface area contributed by atoms with Crippen molar-refractivity contribution in [1.82, 2.24) is 34.1 Å². The molecule has 0 saturated carbocycles. The fourth-order valence-corrected chi connectivity index (χ4v) is 6.89. The molecule has 14 heteroatoms. The Labute approximate surface area is 252 Å². The number of aryl methyl sites for hydroxylation is 1. The molecule has 43 heavy (non-hydrogen) atoms. The van der Waals surface area contributed by atoms with Gasteiger partial charge in [-0.3, -0.25) is 9.78 Å². The van der Waals surface area contributed by atoms with E-state index in [-0.39, 0.29) is 39.9 Å². The summed E-state index contributed by atoms with van der Waals surface area (Å²) in [4.78, 5) is 32.4. The summed E-state index contributed by atoms with van der Waals surface area (Å²) in [6, 6.07) is 7.11. The first-order valence-electron chi connectivity index (χ1n) is 14.6. The van der Waals surface area contributed by atoms with Gasteiger partial charge in [0.05, 0.1) is 42.3 Å². The number of hydrogen-bond acceptors (Lipinski definition) is 11. The Hall–Kier alpha value is -3.43. The summed E-state index contributed by atoms with van der Waals surface area (Å²) < 4.78 is 40.1. The quantitative estimate of drug-likeness (QED) is 0.329. The molecule has 2 unspecified atom stereocenters. The average Bonchev–Trinajstić information content (AvgIpc) is 3.34. The van der Waals surface area contributed by atoms with E-state index in [1.54, 1.807) is 7.11 Å². The van der Waals surface area contributed by atoms with Crippen LogP contribution in [0.25, 0.3) is 11.4 Å². The molecule has 2 N–H and O–H groups in total. The zero-order valence-corrected chi connectivity index (χ0v) is 26.1. The van der Waals surface area contributed by atoms with E-state index in [0.717, 1.165) is 17.9 Å². The summed E-state index contributed by atoms with van der Waals surface area (Å²) in [7, 11) is -2.28. The van der Waals surface area contributed by atoms with E-state index in [2.05, 4.69) is 32.2 Å². The molecule has 0 bridgehead atoms. The Bertz CT molecular complexity index is 1610. The van der Waals surface area contributed by atoms with E-state index in [1.807, 2.05) is 44.0 Å². The van der Waals surface area contributed by atoms with Gasteiger partial charge in [0, 0.05) is 39.0 Å². The Morgan fingerprint density at radius 3 is 2.58 bits per heavy atom. The Balaban J connectivity index is 1.53. The first kappa shape index (κ1) is 31.0. The number of anilines is 1. The lowest BCUT2D eigenvalue weighted by Gasteiger charge is -2.33. The minimum Gasteiger partial charge on any atom is -0.472 e. The first-order chi connectivity index (χ1) is 20.6. The number of hydrogen-bond donors (Lipinski definition) is 2. The molecule has 0 radical (unpaired) electrons. The monoisotopic (exact) mass is 612 g/mol. The summed E-state index contributed by atoms with van der Waals surface area (Å²) in [6.45, 7) is 11.6. The van der Waals surface area contributed by atoms with E-state index in [1.165, 1.54) is 16.6 Å². The first-order valence-corrected chi connectivity index (χ1v) is 16.1. The van der Waals surface area contributed by atoms with Gasteiger partial charge < -0.3 is 24.8 Å². The predicted octanol–water partition coefficient (Wildman–Crippen LogP) is 2.57. The highest BCUT2D eigenvalue weighted by atomic mass is 32.2. The molecule has 5 rings (SSSR count). The second-order valence-corrected chi connectivity index (χ2v) is 12.8. The normalized spacial score (nSPS) is 18.8. The van der Waals surface area contributed by atoms with Crippen molar-refractivity contribution in [2.75, 3.05) is 51.9 Å². The summed E-state index contributed by atoms with van der Waals surface area (Å²) in [5.74, 6) is 0.335. The highest BCUT2D eigenvalue weighted by molar-refractivity contribution is 7.89. The second-order valence-electron chi connectivity index (χ2n) is 10.9. The molecule has 2 aliphatic heterocycles. The molecule has 0 spiro atoms. The number of sulfonamides is 1. The number of H-pyrrole nitrogens is 1. The standard InChI is InChI=1S/C29H40N8O5S/c1-6-24-25-26(34-37(24)17-21-10-8-9-19(3)31-21)28(38)33-27(32-25)23-15-22(16-30-29(23)42-20(4)18-41-5)43(39,40)36-13-11-35(7-2)12-14-36/h8-10,15-16,20,24,34H,6-7,11-14,17-18H2,1-5H3,(H,32,33,38). The topological polar surface area (TPSA) is 146 Å². The Morgan fingerprint density at radius 2 is 1.91 bits per heavy atom. The number of piperazine rings is 1. The van der Waals surface area contributed by atoms with Crippen molar-refractivity contribution in [3.8, 4) is 17.3 Å². The van der Waals surface area contributed by atoms with E-state index in [4.69, 9.17) is 14.5 Å². The highest BCUT2D eigenvalue weighted by Crippen LogP contribution is 2.37. The lowest BCUT2D eigenvalue weighted by atomic mass is 10.1. The van der Waals surface area contributed by atoms with Crippen LogP contribution in [0.4, 0.5) is 5.69 Å². The predicted molar refractivity (Wildman–Crippen MR) is 162 cm³/mol. The van der Waals surface area contributed by atoms with Gasteiger partial charge in [-0.15, -0.1) is 0 Å². The molecule has 2 aliphatic rings. The van der Waals surface area contributed by atoms with Gasteiger partial charge in [-0.25, -0.2) is 23.4 Å². The van der Waals surface area contributed by atoms with Gasteiger partial charge in [0.1, 0.15) is 22.5 Å². The number of hydrazine groups is 1. The molecular weight excluding hydrogens is 572 g/mol. The van der Waals surface area contributed by atoms with E-state index >= 15 is 0 Å². The molecule has 3 aromatic heterocycles. The van der Waals surface area contributed by atoms with Crippen LogP contribution in [0.15, 0.2) is 40.2 Å². The van der Waals surface area contributed by atoms with Gasteiger partial charge in [-0.1, -0.05) is 19.9 Å². The van der Waals surface area contributed by atoms with Crippen molar-refractivity contribution in [3.63, 3.8) is 0 Å². The fraction of sp³-hybridized carbons (Fsp3) is 0.517. The maximum atomic E-state index is 13.7. The summed E-state index contributed by atoms with van der Waals surface area (Å²) >= 11 is 0. The minimum atomic E-state index is -3.85. The van der Waals surface area contributed by atoms with Gasteiger partial charge in [-0.2, -0.15) is 4.31 Å². The SMILES string of the molecule is CCC1c2nc(-c3cc(S(=O)(=O)N4CCN(CC)CC4)cnc3OC(C)COC)[nH]c(=O)c2NN1Cc1cccc(C)n1. The molecule has 0 aliphatic carbocycles. The van der Waals surface area contributed by atoms with Crippen LogP contribution in [0.5, 0.6) is 5.88 Å². The van der Waals surface area contributed by atoms with Crippen LogP contribution < -0.4 is 15.7 Å². The third kappa shape index (κ3) is 6.58. The van der Waals surface area contributed by atoms with Crippen LogP contribution in [0.1, 0.15) is 50.3 Å². The molecule has 1 fully saturated rings. The fourth-order valence-electron chi connectivity index (χ4n) is 5.49. The number of aromatic nitrogens is 4. The summed E-state index contributed by atoms with van der Waals surface area (Å²) in [5, 5.41) is 1.95. The number of fused-ring (bicyclic) bond motifs is 1. The molecule has 3 aromatic rings. The van der Waals surface area contributed by atoms with E-state index < -0.39 is 10.0 Å². The van der Waals surface area contributed by atoms with Gasteiger partial charge in [0.25, 0.3) is 5.56 Å². The molecule has 232 valence electrons. The summed E-state index contributed by atoms with van der Waals surface area (Å²) in [6.07, 6.45) is 1.59. The lowest BCUT2D eigenvalue weighted by molar-refractivity contribution is 0.0893. The van der Waals surface area contributed by atoms with Crippen molar-refractivity contribution in [2.24, 2.45) is 0 Å². The van der Waals surface area contributed by atoms with Gasteiger partial charge in [0.15, 0.2) is 0 Å². The van der Waals surface area contributed by atoms with Crippen molar-refractivity contribution >= 4 is 15.7 Å². The largest absolute Gasteiger partial charge is 0.472 e. The molecular formula is C29H40N8O5S. The maximum Gasteiger partial charge on any atom is 0.276 e. The zero-order chi connectivity index (χ0) is 30.7. The average molecular weight is 613 g/mol. The minimum absolute atomic E-state index is 0.0136. The number of methoxy groups -OCH3 is 1. The third-order valence-electron chi connectivity index (χ3n) is 7.77. The smallest absolute Gasteiger partial charge is 0.276 e. The maximum absolute atomic E-state index is 13.7. The molecule has 1 saturated heterocycles. The van der Waals surface area contributed by atoms with Crippen LogP contribution >= 0.6 is 0 Å². The van der Waals surface area contributed by atoms with Gasteiger partial charge in [-0.05, 0) is 45.0 Å². The lowest BCUT2D eigenvalue weighted by Crippen LogP contribution is -2.48. The van der Waals surface area contributed by atoms with Crippen LogP contribution in [-0.4, -0.2) is 95.1 Å². The Kier molecular flexibility index (Phi) is 9.42. The van der Waals surface area contributed by atoms with E-state index in [9.17, 15) is 13.2 Å². The molecule has 2 atom stereocenters. The van der Waals surface area contributed by atoms with Crippen LogP contribution in [0, 0.1) is 6.92 Å². The van der Waals surface area contributed by atoms with E-state index in [0.29, 0.717) is 57.1 Å². The zero-order valence-electron chi connectivity index (χ0n) is 25.3. The van der Waals surface area contributed by atoms with Gasteiger partial charge in [0.2, 0.25) is 15.9 Å². The van der Waals surface area contributed by atoms with Crippen molar-refractivity contribution in [3.05, 3.63) is 57.9 Å². The summed E-state index contributed by atoms with van der Waals surface area (Å²) in [5.41, 5.74) is 5.81. The number of nitrogens with zero attached hydrogens (tertiary/aromatic N) is 6. The molecule has 0 aromatic carbocycles.